The maximum absolute atomic E-state index is 12.0. The van der Waals surface area contributed by atoms with Gasteiger partial charge in [-0.15, -0.1) is 0 Å². The summed E-state index contributed by atoms with van der Waals surface area (Å²) in [6.45, 7) is 0.578. The highest BCUT2D eigenvalue weighted by Crippen LogP contribution is 2.23. The van der Waals surface area contributed by atoms with Gasteiger partial charge in [-0.3, -0.25) is 20.1 Å². The molecular formula is C17H15N5O3. The van der Waals surface area contributed by atoms with Gasteiger partial charge in [0.1, 0.15) is 5.69 Å². The summed E-state index contributed by atoms with van der Waals surface area (Å²) in [5, 5.41) is 20.2. The molecular weight excluding hydrogens is 322 g/mol. The smallest absolute Gasteiger partial charge is 0.302 e. The molecule has 126 valence electrons. The molecule has 2 amide bonds. The molecule has 1 aromatic heterocycles. The number of nitro benzene ring substituents is 1. The fourth-order valence-electron chi connectivity index (χ4n) is 2.30. The summed E-state index contributed by atoms with van der Waals surface area (Å²) in [4.78, 5) is 22.4. The third-order valence-electron chi connectivity index (χ3n) is 3.42. The number of amides is 2. The lowest BCUT2D eigenvalue weighted by atomic mass is 10.2. The van der Waals surface area contributed by atoms with E-state index in [9.17, 15) is 14.9 Å². The Labute approximate surface area is 143 Å². The number of hydrogen-bond donors (Lipinski definition) is 2. The van der Waals surface area contributed by atoms with E-state index in [1.165, 1.54) is 18.2 Å². The second kappa shape index (κ2) is 7.26. The van der Waals surface area contributed by atoms with E-state index in [2.05, 4.69) is 15.7 Å². The van der Waals surface area contributed by atoms with E-state index in [-0.39, 0.29) is 11.4 Å². The summed E-state index contributed by atoms with van der Waals surface area (Å²) in [6, 6.07) is 16.8. The molecule has 1 heterocycles. The van der Waals surface area contributed by atoms with Gasteiger partial charge in [-0.1, -0.05) is 42.5 Å². The first-order valence-corrected chi connectivity index (χ1v) is 7.50. The molecule has 0 radical (unpaired) electrons. The molecule has 3 rings (SSSR count). The third-order valence-corrected chi connectivity index (χ3v) is 3.42. The van der Waals surface area contributed by atoms with Crippen molar-refractivity contribution in [3.63, 3.8) is 0 Å². The number of aromatic nitrogens is 2. The topological polar surface area (TPSA) is 102 Å². The van der Waals surface area contributed by atoms with E-state index in [1.807, 2.05) is 30.3 Å². The number of urea groups is 1. The van der Waals surface area contributed by atoms with Crippen LogP contribution < -0.4 is 10.6 Å². The maximum Gasteiger partial charge on any atom is 0.325 e. The van der Waals surface area contributed by atoms with Gasteiger partial charge in [0.25, 0.3) is 5.69 Å². The Kier molecular flexibility index (Phi) is 4.70. The van der Waals surface area contributed by atoms with Gasteiger partial charge in [0, 0.05) is 18.3 Å². The Bertz CT molecular complexity index is 892. The Hall–Kier alpha value is -3.68. The summed E-state index contributed by atoms with van der Waals surface area (Å²) in [7, 11) is 0. The molecule has 8 nitrogen and oxygen atoms in total. The fourth-order valence-corrected chi connectivity index (χ4v) is 2.30. The quantitative estimate of drug-likeness (QED) is 0.549. The number of anilines is 2. The lowest BCUT2D eigenvalue weighted by Gasteiger charge is -2.06. The highest BCUT2D eigenvalue weighted by atomic mass is 16.6. The van der Waals surface area contributed by atoms with Crippen molar-refractivity contribution in [1.82, 2.24) is 9.78 Å². The average molecular weight is 337 g/mol. The number of carbonyl (C=O) groups is 1. The van der Waals surface area contributed by atoms with Crippen LogP contribution in [-0.4, -0.2) is 20.7 Å². The van der Waals surface area contributed by atoms with Crippen LogP contribution in [0.1, 0.15) is 5.56 Å². The van der Waals surface area contributed by atoms with Crippen LogP contribution in [0.25, 0.3) is 0 Å². The van der Waals surface area contributed by atoms with Gasteiger partial charge in [0.05, 0.1) is 11.5 Å². The summed E-state index contributed by atoms with van der Waals surface area (Å²) >= 11 is 0. The predicted octanol–water partition coefficient (Wildman–Crippen LogP) is 3.48. The zero-order valence-electron chi connectivity index (χ0n) is 13.1. The number of rotatable bonds is 5. The van der Waals surface area contributed by atoms with Crippen LogP contribution in [0.2, 0.25) is 0 Å². The zero-order valence-corrected chi connectivity index (χ0v) is 13.1. The molecule has 0 aliphatic heterocycles. The minimum absolute atomic E-state index is 0.119. The minimum Gasteiger partial charge on any atom is -0.302 e. The van der Waals surface area contributed by atoms with Gasteiger partial charge in [-0.2, -0.15) is 5.10 Å². The standard InChI is InChI=1S/C17H15N5O3/c23-17(18-14-8-4-5-9-15(14)22(24)25)19-16-10-11-21(20-16)12-13-6-2-1-3-7-13/h1-11H,12H2,(H2,18,19,20,23). The number of benzene rings is 2. The fraction of sp³-hybridized carbons (Fsp3) is 0.0588. The normalized spacial score (nSPS) is 10.2. The Morgan fingerprint density at radius 1 is 1.04 bits per heavy atom. The van der Waals surface area contributed by atoms with Gasteiger partial charge in [-0.25, -0.2) is 4.79 Å². The van der Waals surface area contributed by atoms with E-state index in [4.69, 9.17) is 0 Å². The van der Waals surface area contributed by atoms with Gasteiger partial charge in [0.15, 0.2) is 5.82 Å². The molecule has 3 aromatic rings. The van der Waals surface area contributed by atoms with Crippen molar-refractivity contribution < 1.29 is 9.72 Å². The largest absolute Gasteiger partial charge is 0.325 e. The highest BCUT2D eigenvalue weighted by Gasteiger charge is 2.15. The highest BCUT2D eigenvalue weighted by molar-refractivity contribution is 6.00. The van der Waals surface area contributed by atoms with Crippen LogP contribution in [-0.2, 0) is 6.54 Å². The van der Waals surface area contributed by atoms with Crippen molar-refractivity contribution in [1.29, 1.82) is 0 Å². The zero-order chi connectivity index (χ0) is 17.6. The molecule has 2 N–H and O–H groups in total. The van der Waals surface area contributed by atoms with Crippen LogP contribution in [0, 0.1) is 10.1 Å². The van der Waals surface area contributed by atoms with Gasteiger partial charge < -0.3 is 5.32 Å². The Morgan fingerprint density at radius 2 is 1.76 bits per heavy atom. The van der Waals surface area contributed by atoms with E-state index < -0.39 is 11.0 Å². The minimum atomic E-state index is -0.598. The van der Waals surface area contributed by atoms with Crippen molar-refractivity contribution in [3.05, 3.63) is 82.5 Å². The number of nitro groups is 1. The molecule has 0 aliphatic carbocycles. The van der Waals surface area contributed by atoms with E-state index >= 15 is 0 Å². The first-order valence-electron chi connectivity index (χ1n) is 7.50. The third kappa shape index (κ3) is 4.20. The van der Waals surface area contributed by atoms with Crippen molar-refractivity contribution >= 4 is 23.2 Å². The summed E-state index contributed by atoms with van der Waals surface area (Å²) in [6.07, 6.45) is 1.74. The Morgan fingerprint density at radius 3 is 2.52 bits per heavy atom. The van der Waals surface area contributed by atoms with Crippen molar-refractivity contribution in [3.8, 4) is 0 Å². The molecule has 0 saturated carbocycles. The number of carbonyl (C=O) groups excluding carboxylic acids is 1. The van der Waals surface area contributed by atoms with Crippen molar-refractivity contribution in [2.75, 3.05) is 10.6 Å². The first kappa shape index (κ1) is 16.2. The molecule has 0 fully saturated rings. The Balaban J connectivity index is 1.63. The van der Waals surface area contributed by atoms with Crippen LogP contribution >= 0.6 is 0 Å². The van der Waals surface area contributed by atoms with E-state index in [1.54, 1.807) is 23.0 Å². The van der Waals surface area contributed by atoms with Crippen molar-refractivity contribution in [2.45, 2.75) is 6.54 Å². The molecule has 0 spiro atoms. The lowest BCUT2D eigenvalue weighted by molar-refractivity contribution is -0.383. The maximum atomic E-state index is 12.0. The molecule has 0 bridgehead atoms. The summed E-state index contributed by atoms with van der Waals surface area (Å²) in [5.74, 6) is 0.354. The molecule has 25 heavy (non-hydrogen) atoms. The molecule has 0 unspecified atom stereocenters. The first-order chi connectivity index (χ1) is 12.1. The molecule has 8 heteroatoms. The second-order valence-electron chi connectivity index (χ2n) is 5.24. The number of nitrogens with zero attached hydrogens (tertiary/aromatic N) is 3. The van der Waals surface area contributed by atoms with Gasteiger partial charge in [0.2, 0.25) is 0 Å². The van der Waals surface area contributed by atoms with E-state index in [0.717, 1.165) is 5.56 Å². The molecule has 0 saturated heterocycles. The van der Waals surface area contributed by atoms with E-state index in [0.29, 0.717) is 12.4 Å². The monoisotopic (exact) mass is 337 g/mol. The number of hydrogen-bond acceptors (Lipinski definition) is 4. The predicted molar refractivity (Wildman–Crippen MR) is 93.5 cm³/mol. The second-order valence-corrected chi connectivity index (χ2v) is 5.24. The number of nitrogens with one attached hydrogen (secondary N) is 2. The summed E-state index contributed by atoms with van der Waals surface area (Å²) in [5.41, 5.74) is 1.03. The lowest BCUT2D eigenvalue weighted by Crippen LogP contribution is -2.20. The van der Waals surface area contributed by atoms with Crippen molar-refractivity contribution in [2.24, 2.45) is 0 Å². The molecule has 0 aliphatic rings. The van der Waals surface area contributed by atoms with Crippen LogP contribution in [0.3, 0.4) is 0 Å². The van der Waals surface area contributed by atoms with Gasteiger partial charge >= 0.3 is 6.03 Å². The average Bonchev–Trinajstić information content (AvgIpc) is 3.02. The van der Waals surface area contributed by atoms with Gasteiger partial charge in [-0.05, 0) is 11.6 Å². The molecule has 0 atom stereocenters. The van der Waals surface area contributed by atoms with Crippen LogP contribution in [0.15, 0.2) is 66.9 Å². The number of para-hydroxylation sites is 2. The SMILES string of the molecule is O=C(Nc1ccn(Cc2ccccc2)n1)Nc1ccccc1[N+](=O)[O-]. The molecule has 2 aromatic carbocycles. The summed E-state index contributed by atoms with van der Waals surface area (Å²) < 4.78 is 1.69. The van der Waals surface area contributed by atoms with Crippen LogP contribution in [0.5, 0.6) is 0 Å². The van der Waals surface area contributed by atoms with Crippen LogP contribution in [0.4, 0.5) is 22.0 Å².